The monoisotopic (exact) mass is 267 g/mol. The molecule has 0 amide bonds. The van der Waals surface area contributed by atoms with Crippen LogP contribution >= 0.6 is 11.6 Å². The van der Waals surface area contributed by atoms with E-state index in [0.29, 0.717) is 5.02 Å². The number of nitrogens with zero attached hydrogens (tertiary/aromatic N) is 2. The molecule has 1 atom stereocenters. The van der Waals surface area contributed by atoms with Crippen LogP contribution in [0, 0.1) is 6.92 Å². The standard InChI is InChI=1S/C13H18ClN3O/c1-4-6-17-12(10(14)8-16-17)11(15-3)13-9(2)5-7-18-13/h5,7-8,11,15H,4,6H2,1-3H3. The molecule has 2 aromatic heterocycles. The lowest BCUT2D eigenvalue weighted by Gasteiger charge is -2.17. The van der Waals surface area contributed by atoms with E-state index in [9.17, 15) is 0 Å². The van der Waals surface area contributed by atoms with Gasteiger partial charge >= 0.3 is 0 Å². The van der Waals surface area contributed by atoms with Gasteiger partial charge in [-0.15, -0.1) is 0 Å². The second-order valence-electron chi connectivity index (χ2n) is 4.29. The Hall–Kier alpha value is -1.26. The van der Waals surface area contributed by atoms with Crippen LogP contribution in [0.25, 0.3) is 0 Å². The van der Waals surface area contributed by atoms with Crippen LogP contribution < -0.4 is 5.32 Å². The van der Waals surface area contributed by atoms with Gasteiger partial charge in [0.15, 0.2) is 0 Å². The van der Waals surface area contributed by atoms with Crippen molar-refractivity contribution >= 4 is 11.6 Å². The van der Waals surface area contributed by atoms with E-state index in [2.05, 4.69) is 17.3 Å². The third-order valence-electron chi connectivity index (χ3n) is 2.99. The van der Waals surface area contributed by atoms with E-state index in [4.69, 9.17) is 16.0 Å². The number of rotatable bonds is 5. The maximum absolute atomic E-state index is 6.26. The molecule has 2 rings (SSSR count). The molecule has 0 radical (unpaired) electrons. The number of aryl methyl sites for hydroxylation is 2. The molecule has 0 aliphatic rings. The maximum Gasteiger partial charge on any atom is 0.129 e. The topological polar surface area (TPSA) is 43.0 Å². The zero-order valence-electron chi connectivity index (χ0n) is 10.9. The Bertz CT molecular complexity index is 518. The van der Waals surface area contributed by atoms with E-state index in [1.54, 1.807) is 12.5 Å². The number of nitrogens with one attached hydrogen (secondary N) is 1. The average Bonchev–Trinajstić information content (AvgIpc) is 2.91. The van der Waals surface area contributed by atoms with Gasteiger partial charge in [-0.2, -0.15) is 5.10 Å². The molecule has 2 aromatic rings. The fraction of sp³-hybridized carbons (Fsp3) is 0.462. The number of hydrogen-bond acceptors (Lipinski definition) is 3. The van der Waals surface area contributed by atoms with Gasteiger partial charge in [0.05, 0.1) is 23.2 Å². The second kappa shape index (κ2) is 5.59. The highest BCUT2D eigenvalue weighted by atomic mass is 35.5. The van der Waals surface area contributed by atoms with Crippen LogP contribution in [0.4, 0.5) is 0 Å². The van der Waals surface area contributed by atoms with Crippen molar-refractivity contribution in [2.75, 3.05) is 7.05 Å². The summed E-state index contributed by atoms with van der Waals surface area (Å²) < 4.78 is 7.50. The maximum atomic E-state index is 6.26. The van der Waals surface area contributed by atoms with Crippen molar-refractivity contribution in [3.8, 4) is 0 Å². The highest BCUT2D eigenvalue weighted by Gasteiger charge is 2.24. The van der Waals surface area contributed by atoms with Gasteiger partial charge in [0.2, 0.25) is 0 Å². The number of furan rings is 1. The number of aromatic nitrogens is 2. The molecule has 0 saturated heterocycles. The van der Waals surface area contributed by atoms with Crippen molar-refractivity contribution in [1.82, 2.24) is 15.1 Å². The summed E-state index contributed by atoms with van der Waals surface area (Å²) in [5.41, 5.74) is 2.06. The van der Waals surface area contributed by atoms with Gasteiger partial charge in [-0.05, 0) is 32.0 Å². The molecule has 5 heteroatoms. The molecule has 0 saturated carbocycles. The van der Waals surface area contributed by atoms with Gasteiger partial charge in [-0.25, -0.2) is 0 Å². The van der Waals surface area contributed by atoms with Crippen molar-refractivity contribution < 1.29 is 4.42 Å². The summed E-state index contributed by atoms with van der Waals surface area (Å²) in [7, 11) is 1.90. The molecular formula is C13H18ClN3O. The number of halogens is 1. The second-order valence-corrected chi connectivity index (χ2v) is 4.70. The van der Waals surface area contributed by atoms with E-state index in [-0.39, 0.29) is 6.04 Å². The summed E-state index contributed by atoms with van der Waals surface area (Å²) in [6.07, 6.45) is 4.40. The fourth-order valence-corrected chi connectivity index (χ4v) is 2.37. The average molecular weight is 268 g/mol. The minimum atomic E-state index is -0.0680. The van der Waals surface area contributed by atoms with Crippen LogP contribution in [0.2, 0.25) is 5.02 Å². The molecule has 98 valence electrons. The minimum absolute atomic E-state index is 0.0680. The first kappa shape index (κ1) is 13.2. The summed E-state index contributed by atoms with van der Waals surface area (Å²) in [5, 5.41) is 8.23. The molecule has 0 aliphatic carbocycles. The lowest BCUT2D eigenvalue weighted by atomic mass is 10.1. The molecule has 0 bridgehead atoms. The SMILES string of the molecule is CCCn1ncc(Cl)c1C(NC)c1occc1C. The summed E-state index contributed by atoms with van der Waals surface area (Å²) in [6.45, 7) is 4.99. The predicted octanol–water partition coefficient (Wildman–Crippen LogP) is 3.16. The molecule has 0 aliphatic heterocycles. The van der Waals surface area contributed by atoms with Crippen molar-refractivity contribution in [2.24, 2.45) is 0 Å². The third-order valence-corrected chi connectivity index (χ3v) is 3.29. The van der Waals surface area contributed by atoms with Gasteiger partial charge < -0.3 is 9.73 Å². The van der Waals surface area contributed by atoms with E-state index in [0.717, 1.165) is 30.0 Å². The molecular weight excluding hydrogens is 250 g/mol. The van der Waals surface area contributed by atoms with Crippen molar-refractivity contribution in [3.05, 3.63) is 40.6 Å². The Kier molecular flexibility index (Phi) is 4.09. The van der Waals surface area contributed by atoms with E-state index < -0.39 is 0 Å². The summed E-state index contributed by atoms with van der Waals surface area (Å²) in [5.74, 6) is 0.886. The predicted molar refractivity (Wildman–Crippen MR) is 71.9 cm³/mol. The van der Waals surface area contributed by atoms with Gasteiger partial charge in [-0.3, -0.25) is 4.68 Å². The quantitative estimate of drug-likeness (QED) is 0.905. The summed E-state index contributed by atoms with van der Waals surface area (Å²) in [6, 6.07) is 1.88. The summed E-state index contributed by atoms with van der Waals surface area (Å²) >= 11 is 6.26. The lowest BCUT2D eigenvalue weighted by molar-refractivity contribution is 0.437. The Balaban J connectivity index is 2.45. The van der Waals surface area contributed by atoms with Crippen molar-refractivity contribution in [1.29, 1.82) is 0 Å². The smallest absolute Gasteiger partial charge is 0.129 e. The van der Waals surface area contributed by atoms with Crippen LogP contribution in [0.15, 0.2) is 22.9 Å². The normalized spacial score (nSPS) is 12.9. The molecule has 1 unspecified atom stereocenters. The Morgan fingerprint density at radius 3 is 2.89 bits per heavy atom. The highest BCUT2D eigenvalue weighted by Crippen LogP contribution is 2.30. The highest BCUT2D eigenvalue weighted by molar-refractivity contribution is 6.31. The molecule has 0 spiro atoms. The van der Waals surface area contributed by atoms with E-state index >= 15 is 0 Å². The molecule has 2 heterocycles. The summed E-state index contributed by atoms with van der Waals surface area (Å²) in [4.78, 5) is 0. The zero-order chi connectivity index (χ0) is 13.1. The van der Waals surface area contributed by atoms with Crippen LogP contribution in [0.3, 0.4) is 0 Å². The largest absolute Gasteiger partial charge is 0.467 e. The Labute approximate surface area is 112 Å². The van der Waals surface area contributed by atoms with Crippen LogP contribution in [-0.2, 0) is 6.54 Å². The third kappa shape index (κ3) is 2.31. The van der Waals surface area contributed by atoms with Crippen molar-refractivity contribution in [2.45, 2.75) is 32.9 Å². The molecule has 4 nitrogen and oxygen atoms in total. The fourth-order valence-electron chi connectivity index (χ4n) is 2.12. The van der Waals surface area contributed by atoms with Gasteiger partial charge in [0, 0.05) is 6.54 Å². The Morgan fingerprint density at radius 2 is 2.33 bits per heavy atom. The first-order valence-corrected chi connectivity index (χ1v) is 6.49. The lowest BCUT2D eigenvalue weighted by Crippen LogP contribution is -2.22. The van der Waals surface area contributed by atoms with E-state index in [1.807, 2.05) is 24.7 Å². The molecule has 0 aromatic carbocycles. The first-order chi connectivity index (χ1) is 8.69. The van der Waals surface area contributed by atoms with Crippen LogP contribution in [-0.4, -0.2) is 16.8 Å². The molecule has 0 fully saturated rings. The van der Waals surface area contributed by atoms with Gasteiger partial charge in [0.1, 0.15) is 11.8 Å². The minimum Gasteiger partial charge on any atom is -0.467 e. The van der Waals surface area contributed by atoms with Crippen molar-refractivity contribution in [3.63, 3.8) is 0 Å². The first-order valence-electron chi connectivity index (χ1n) is 6.11. The Morgan fingerprint density at radius 1 is 1.56 bits per heavy atom. The molecule has 18 heavy (non-hydrogen) atoms. The molecule has 1 N–H and O–H groups in total. The number of hydrogen-bond donors (Lipinski definition) is 1. The van der Waals surface area contributed by atoms with Gasteiger partial charge in [-0.1, -0.05) is 18.5 Å². The van der Waals surface area contributed by atoms with Crippen LogP contribution in [0.5, 0.6) is 0 Å². The van der Waals surface area contributed by atoms with Gasteiger partial charge in [0.25, 0.3) is 0 Å². The van der Waals surface area contributed by atoms with E-state index in [1.165, 1.54) is 0 Å². The zero-order valence-corrected chi connectivity index (χ0v) is 11.7. The van der Waals surface area contributed by atoms with Crippen LogP contribution in [0.1, 0.15) is 36.4 Å².